The number of benzene rings is 1. The first-order chi connectivity index (χ1) is 10.0. The van der Waals surface area contributed by atoms with Crippen LogP contribution in [-0.4, -0.2) is 17.6 Å². The van der Waals surface area contributed by atoms with Crippen molar-refractivity contribution in [2.45, 2.75) is 6.42 Å². The molecule has 0 bridgehead atoms. The Labute approximate surface area is 128 Å². The Hall–Kier alpha value is -2.18. The number of anilines is 2. The fourth-order valence-electron chi connectivity index (χ4n) is 2.02. The van der Waals surface area contributed by atoms with E-state index in [1.54, 1.807) is 23.6 Å². The molecule has 2 amide bonds. The van der Waals surface area contributed by atoms with E-state index >= 15 is 0 Å². The number of halogens is 1. The zero-order valence-corrected chi connectivity index (χ0v) is 12.2. The number of rotatable bonds is 2. The van der Waals surface area contributed by atoms with Gasteiger partial charge in [0.1, 0.15) is 6.42 Å². The molecular weight excluding hydrogens is 312 g/mol. The van der Waals surface area contributed by atoms with Gasteiger partial charge in [0.05, 0.1) is 21.3 Å². The predicted molar refractivity (Wildman–Crippen MR) is 81.1 cm³/mol. The fraction of sp³-hybridized carbons (Fsp3) is 0.0714. The molecule has 0 atom stereocenters. The van der Waals surface area contributed by atoms with Gasteiger partial charge in [-0.1, -0.05) is 11.6 Å². The number of thiophene rings is 1. The molecule has 0 spiro atoms. The number of hydrogen-bond donors (Lipinski definition) is 2. The topological polar surface area (TPSA) is 75.3 Å². The smallest absolute Gasteiger partial charge is 0.233 e. The van der Waals surface area contributed by atoms with Gasteiger partial charge in [-0.2, -0.15) is 0 Å². The summed E-state index contributed by atoms with van der Waals surface area (Å²) in [6, 6.07) is 6.38. The van der Waals surface area contributed by atoms with Crippen molar-refractivity contribution in [1.29, 1.82) is 0 Å². The Bertz CT molecular complexity index is 769. The highest BCUT2D eigenvalue weighted by Gasteiger charge is 2.21. The molecule has 1 aromatic heterocycles. The van der Waals surface area contributed by atoms with E-state index in [0.29, 0.717) is 26.8 Å². The largest absolute Gasteiger partial charge is 0.324 e. The van der Waals surface area contributed by atoms with E-state index in [4.69, 9.17) is 11.6 Å². The van der Waals surface area contributed by atoms with Crippen LogP contribution in [0.2, 0.25) is 5.02 Å². The molecule has 1 aliphatic heterocycles. The highest BCUT2D eigenvalue weighted by atomic mass is 35.5. The Kier molecular flexibility index (Phi) is 3.48. The minimum absolute atomic E-state index is 0.220. The monoisotopic (exact) mass is 320 g/mol. The molecule has 21 heavy (non-hydrogen) atoms. The third-order valence-corrected chi connectivity index (χ3v) is 4.31. The van der Waals surface area contributed by atoms with E-state index in [2.05, 4.69) is 10.6 Å². The lowest BCUT2D eigenvalue weighted by Crippen LogP contribution is -2.16. The molecule has 0 unspecified atom stereocenters. The highest BCUT2D eigenvalue weighted by Crippen LogP contribution is 2.29. The van der Waals surface area contributed by atoms with Crippen molar-refractivity contribution in [3.8, 4) is 0 Å². The maximum Gasteiger partial charge on any atom is 0.233 e. The van der Waals surface area contributed by atoms with Crippen LogP contribution in [-0.2, 0) is 9.59 Å². The van der Waals surface area contributed by atoms with Gasteiger partial charge in [-0.25, -0.2) is 0 Å². The molecule has 5 nitrogen and oxygen atoms in total. The van der Waals surface area contributed by atoms with E-state index in [0.717, 1.165) is 0 Å². The first kappa shape index (κ1) is 13.8. The van der Waals surface area contributed by atoms with Crippen LogP contribution in [0, 0.1) is 0 Å². The molecule has 0 radical (unpaired) electrons. The minimum Gasteiger partial charge on any atom is -0.324 e. The molecule has 2 N–H and O–H groups in total. The Morgan fingerprint density at radius 3 is 2.48 bits per heavy atom. The number of ketones is 1. The normalized spacial score (nSPS) is 14.0. The van der Waals surface area contributed by atoms with Gasteiger partial charge in [0.15, 0.2) is 0 Å². The third-order valence-electron chi connectivity index (χ3n) is 2.97. The zero-order valence-electron chi connectivity index (χ0n) is 10.6. The lowest BCUT2D eigenvalue weighted by atomic mass is 10.1. The average molecular weight is 321 g/mol. The Balaban J connectivity index is 2.00. The molecular formula is C14H9ClN2O3S. The van der Waals surface area contributed by atoms with Crippen LogP contribution in [0.15, 0.2) is 29.6 Å². The van der Waals surface area contributed by atoms with E-state index in [1.807, 2.05) is 0 Å². The summed E-state index contributed by atoms with van der Waals surface area (Å²) < 4.78 is 0. The van der Waals surface area contributed by atoms with Gasteiger partial charge in [0.25, 0.3) is 0 Å². The summed E-state index contributed by atoms with van der Waals surface area (Å²) in [5, 5.41) is 7.35. The maximum atomic E-state index is 12.4. The number of carbonyl (C=O) groups is 3. The van der Waals surface area contributed by atoms with Crippen molar-refractivity contribution in [3.63, 3.8) is 0 Å². The van der Waals surface area contributed by atoms with Crippen LogP contribution in [0.4, 0.5) is 11.4 Å². The molecule has 0 saturated carbocycles. The van der Waals surface area contributed by atoms with Crippen LogP contribution < -0.4 is 10.6 Å². The molecule has 106 valence electrons. The van der Waals surface area contributed by atoms with E-state index < -0.39 is 5.91 Å². The first-order valence-electron chi connectivity index (χ1n) is 6.06. The van der Waals surface area contributed by atoms with Crippen LogP contribution in [0.5, 0.6) is 0 Å². The summed E-state index contributed by atoms with van der Waals surface area (Å²) in [5.74, 6) is -1.01. The maximum absolute atomic E-state index is 12.4. The lowest BCUT2D eigenvalue weighted by molar-refractivity contribution is -0.123. The van der Waals surface area contributed by atoms with Crippen molar-refractivity contribution in [1.82, 2.24) is 0 Å². The van der Waals surface area contributed by atoms with Gasteiger partial charge >= 0.3 is 0 Å². The average Bonchev–Trinajstić information content (AvgIpc) is 2.79. The van der Waals surface area contributed by atoms with Gasteiger partial charge < -0.3 is 10.6 Å². The standard InChI is InChI=1S/C14H9ClN2O3S/c15-8-3-4-21-14(8)13(20)7-1-2-9-10(5-7)17-12(19)6-11(18)16-9/h1-5H,6H2,(H,16,18)(H,17,19). The molecule has 0 aliphatic carbocycles. The van der Waals surface area contributed by atoms with Crippen LogP contribution >= 0.6 is 22.9 Å². The zero-order chi connectivity index (χ0) is 15.0. The third kappa shape index (κ3) is 2.68. The van der Waals surface area contributed by atoms with E-state index in [-0.39, 0.29) is 18.1 Å². The summed E-state index contributed by atoms with van der Waals surface area (Å²) >= 11 is 7.22. The number of hydrogen-bond acceptors (Lipinski definition) is 4. The summed E-state index contributed by atoms with van der Waals surface area (Å²) in [4.78, 5) is 35.8. The summed E-state index contributed by atoms with van der Waals surface area (Å²) in [6.07, 6.45) is -0.241. The first-order valence-corrected chi connectivity index (χ1v) is 7.32. The quantitative estimate of drug-likeness (QED) is 0.660. The van der Waals surface area contributed by atoms with Gasteiger partial charge in [0, 0.05) is 5.56 Å². The number of carbonyl (C=O) groups excluding carboxylic acids is 3. The van der Waals surface area contributed by atoms with Gasteiger partial charge in [0.2, 0.25) is 17.6 Å². The van der Waals surface area contributed by atoms with E-state index in [1.165, 1.54) is 17.4 Å². The Morgan fingerprint density at radius 1 is 1.10 bits per heavy atom. The lowest BCUT2D eigenvalue weighted by Gasteiger charge is -2.08. The molecule has 3 rings (SSSR count). The molecule has 0 saturated heterocycles. The summed E-state index contributed by atoms with van der Waals surface area (Å²) in [5.41, 5.74) is 1.28. The fourth-order valence-corrected chi connectivity index (χ4v) is 3.12. The second-order valence-corrected chi connectivity index (χ2v) is 5.78. The second-order valence-electron chi connectivity index (χ2n) is 4.46. The van der Waals surface area contributed by atoms with Crippen molar-refractivity contribution >= 4 is 51.9 Å². The van der Waals surface area contributed by atoms with Crippen molar-refractivity contribution in [2.24, 2.45) is 0 Å². The molecule has 2 aromatic rings. The molecule has 1 aromatic carbocycles. The summed E-state index contributed by atoms with van der Waals surface area (Å²) in [6.45, 7) is 0. The minimum atomic E-state index is -0.412. The number of nitrogens with one attached hydrogen (secondary N) is 2. The van der Waals surface area contributed by atoms with Gasteiger partial charge in [-0.05, 0) is 29.6 Å². The second kappa shape index (κ2) is 5.31. The molecule has 0 fully saturated rings. The molecule has 7 heteroatoms. The molecule has 2 heterocycles. The summed E-state index contributed by atoms with van der Waals surface area (Å²) in [7, 11) is 0. The van der Waals surface area contributed by atoms with E-state index in [9.17, 15) is 14.4 Å². The number of fused-ring (bicyclic) bond motifs is 1. The SMILES string of the molecule is O=C1CC(=O)Nc2cc(C(=O)c3sccc3Cl)ccc2N1. The van der Waals surface area contributed by atoms with Crippen molar-refractivity contribution in [3.05, 3.63) is 45.1 Å². The van der Waals surface area contributed by atoms with Crippen LogP contribution in [0.1, 0.15) is 21.7 Å². The Morgan fingerprint density at radius 2 is 1.81 bits per heavy atom. The van der Waals surface area contributed by atoms with Gasteiger partial charge in [-0.3, -0.25) is 14.4 Å². The van der Waals surface area contributed by atoms with Crippen LogP contribution in [0.25, 0.3) is 0 Å². The predicted octanol–water partition coefficient (Wildman–Crippen LogP) is 2.91. The number of amides is 2. The van der Waals surface area contributed by atoms with Crippen molar-refractivity contribution in [2.75, 3.05) is 10.6 Å². The highest BCUT2D eigenvalue weighted by molar-refractivity contribution is 7.13. The molecule has 1 aliphatic rings. The van der Waals surface area contributed by atoms with Crippen LogP contribution in [0.3, 0.4) is 0 Å². The van der Waals surface area contributed by atoms with Gasteiger partial charge in [-0.15, -0.1) is 11.3 Å². The van der Waals surface area contributed by atoms with Crippen molar-refractivity contribution < 1.29 is 14.4 Å².